The predicted molar refractivity (Wildman–Crippen MR) is 92.9 cm³/mol. The average molecular weight is 338 g/mol. The van der Waals surface area contributed by atoms with Gasteiger partial charge < -0.3 is 9.47 Å². The van der Waals surface area contributed by atoms with E-state index in [0.717, 1.165) is 43.7 Å². The van der Waals surface area contributed by atoms with Gasteiger partial charge in [0.25, 0.3) is 0 Å². The van der Waals surface area contributed by atoms with E-state index in [1.165, 1.54) is 0 Å². The Bertz CT molecular complexity index is 882. The first-order chi connectivity index (χ1) is 12.3. The predicted octanol–water partition coefficient (Wildman–Crippen LogP) is 2.24. The van der Waals surface area contributed by atoms with Gasteiger partial charge in [-0.1, -0.05) is 6.92 Å². The average Bonchev–Trinajstić information content (AvgIpc) is 3.29. The standard InChI is InChI=1S/C18H22N6O/c1-2-16-19-7-12-23(16)13-17(25)24-9-4-3-5-15(24)14-6-10-22-11-8-20-18(22)21-14/h6-8,10-12,15H,2-5,9,13H2,1H3. The third-order valence-electron chi connectivity index (χ3n) is 4.87. The molecule has 0 aromatic carbocycles. The number of likely N-dealkylation sites (tertiary alicyclic amines) is 1. The second-order valence-electron chi connectivity index (χ2n) is 6.41. The van der Waals surface area contributed by atoms with Crippen molar-refractivity contribution in [1.29, 1.82) is 0 Å². The number of rotatable bonds is 4. The lowest BCUT2D eigenvalue weighted by atomic mass is 9.99. The first-order valence-corrected chi connectivity index (χ1v) is 8.85. The van der Waals surface area contributed by atoms with Gasteiger partial charge >= 0.3 is 0 Å². The second-order valence-corrected chi connectivity index (χ2v) is 6.41. The van der Waals surface area contributed by atoms with Crippen molar-refractivity contribution in [1.82, 2.24) is 28.8 Å². The van der Waals surface area contributed by atoms with Gasteiger partial charge in [-0.3, -0.25) is 9.20 Å². The van der Waals surface area contributed by atoms with Crippen LogP contribution in [-0.2, 0) is 17.8 Å². The molecule has 3 aromatic heterocycles. The van der Waals surface area contributed by atoms with E-state index >= 15 is 0 Å². The molecule has 3 aromatic rings. The Kier molecular flexibility index (Phi) is 4.21. The molecule has 1 amide bonds. The molecule has 7 heteroatoms. The van der Waals surface area contributed by atoms with E-state index in [9.17, 15) is 4.79 Å². The molecular formula is C18H22N6O. The SMILES string of the molecule is CCc1nccn1CC(=O)N1CCCCC1c1ccn2ccnc2n1. The van der Waals surface area contributed by atoms with Gasteiger partial charge in [0.2, 0.25) is 11.7 Å². The lowest BCUT2D eigenvalue weighted by Crippen LogP contribution is -2.40. The number of carbonyl (C=O) groups excluding carboxylic acids is 1. The summed E-state index contributed by atoms with van der Waals surface area (Å²) in [5.41, 5.74) is 0.924. The van der Waals surface area contributed by atoms with Crippen LogP contribution >= 0.6 is 0 Å². The van der Waals surface area contributed by atoms with Crippen LogP contribution < -0.4 is 0 Å². The number of fused-ring (bicyclic) bond motifs is 1. The highest BCUT2D eigenvalue weighted by Gasteiger charge is 2.29. The monoisotopic (exact) mass is 338 g/mol. The molecular weight excluding hydrogens is 316 g/mol. The van der Waals surface area contributed by atoms with Gasteiger partial charge in [-0.15, -0.1) is 0 Å². The first kappa shape index (κ1) is 15.8. The van der Waals surface area contributed by atoms with Crippen molar-refractivity contribution in [2.75, 3.05) is 6.54 Å². The molecule has 1 atom stereocenters. The maximum absolute atomic E-state index is 13.0. The number of imidazole rings is 2. The third-order valence-corrected chi connectivity index (χ3v) is 4.87. The Morgan fingerprint density at radius 3 is 2.96 bits per heavy atom. The minimum atomic E-state index is 0.0246. The van der Waals surface area contributed by atoms with E-state index in [0.29, 0.717) is 12.3 Å². The number of nitrogens with zero attached hydrogens (tertiary/aromatic N) is 6. The number of hydrogen-bond donors (Lipinski definition) is 0. The molecule has 4 rings (SSSR count). The van der Waals surface area contributed by atoms with E-state index in [2.05, 4.69) is 21.9 Å². The third kappa shape index (κ3) is 3.01. The van der Waals surface area contributed by atoms with Crippen molar-refractivity contribution in [2.24, 2.45) is 0 Å². The minimum absolute atomic E-state index is 0.0246. The van der Waals surface area contributed by atoms with Crippen LogP contribution in [0.1, 0.15) is 43.7 Å². The highest BCUT2D eigenvalue weighted by atomic mass is 16.2. The first-order valence-electron chi connectivity index (χ1n) is 8.85. The van der Waals surface area contributed by atoms with Crippen LogP contribution in [0, 0.1) is 0 Å². The van der Waals surface area contributed by atoms with Crippen LogP contribution in [-0.4, -0.2) is 41.3 Å². The fourth-order valence-electron chi connectivity index (χ4n) is 3.58. The Labute approximate surface area is 146 Å². The molecule has 0 saturated carbocycles. The van der Waals surface area contributed by atoms with E-state index < -0.39 is 0 Å². The number of aromatic nitrogens is 5. The summed E-state index contributed by atoms with van der Waals surface area (Å²) in [7, 11) is 0. The molecule has 0 radical (unpaired) electrons. The number of piperidine rings is 1. The fourth-order valence-corrected chi connectivity index (χ4v) is 3.58. The lowest BCUT2D eigenvalue weighted by Gasteiger charge is -2.35. The number of amides is 1. The van der Waals surface area contributed by atoms with Crippen molar-refractivity contribution in [2.45, 2.75) is 45.2 Å². The fraction of sp³-hybridized carbons (Fsp3) is 0.444. The summed E-state index contributed by atoms with van der Waals surface area (Å²) in [4.78, 5) is 28.2. The summed E-state index contributed by atoms with van der Waals surface area (Å²) in [5, 5.41) is 0. The van der Waals surface area contributed by atoms with Gasteiger partial charge in [0, 0.05) is 43.9 Å². The van der Waals surface area contributed by atoms with Crippen LogP contribution in [0.2, 0.25) is 0 Å². The van der Waals surface area contributed by atoms with Gasteiger partial charge in [0.1, 0.15) is 12.4 Å². The van der Waals surface area contributed by atoms with E-state index in [4.69, 9.17) is 0 Å². The van der Waals surface area contributed by atoms with Crippen LogP contribution in [0.4, 0.5) is 0 Å². The number of hydrogen-bond acceptors (Lipinski definition) is 4. The van der Waals surface area contributed by atoms with E-state index in [1.807, 2.05) is 38.5 Å². The molecule has 1 unspecified atom stereocenters. The Morgan fingerprint density at radius 2 is 2.08 bits per heavy atom. The highest BCUT2D eigenvalue weighted by molar-refractivity contribution is 5.76. The Morgan fingerprint density at radius 1 is 1.20 bits per heavy atom. The minimum Gasteiger partial charge on any atom is -0.333 e. The van der Waals surface area contributed by atoms with Crippen molar-refractivity contribution in [3.05, 3.63) is 48.6 Å². The van der Waals surface area contributed by atoms with Crippen LogP contribution in [0.3, 0.4) is 0 Å². The summed E-state index contributed by atoms with van der Waals surface area (Å²) < 4.78 is 3.83. The van der Waals surface area contributed by atoms with Crippen LogP contribution in [0.25, 0.3) is 5.78 Å². The summed E-state index contributed by atoms with van der Waals surface area (Å²) in [5.74, 6) is 1.75. The van der Waals surface area contributed by atoms with Crippen molar-refractivity contribution >= 4 is 11.7 Å². The molecule has 4 heterocycles. The highest BCUT2D eigenvalue weighted by Crippen LogP contribution is 2.30. The summed E-state index contributed by atoms with van der Waals surface area (Å²) in [6.07, 6.45) is 13.1. The smallest absolute Gasteiger partial charge is 0.243 e. The summed E-state index contributed by atoms with van der Waals surface area (Å²) >= 11 is 0. The normalized spacial score (nSPS) is 18.0. The van der Waals surface area contributed by atoms with Crippen LogP contribution in [0.15, 0.2) is 37.1 Å². The van der Waals surface area contributed by atoms with Gasteiger partial charge in [-0.2, -0.15) is 0 Å². The molecule has 0 aliphatic carbocycles. The quantitative estimate of drug-likeness (QED) is 0.732. The molecule has 1 fully saturated rings. The molecule has 1 aliphatic rings. The molecule has 0 bridgehead atoms. The van der Waals surface area contributed by atoms with Crippen molar-refractivity contribution < 1.29 is 4.79 Å². The zero-order chi connectivity index (χ0) is 17.2. The van der Waals surface area contributed by atoms with E-state index in [-0.39, 0.29) is 11.9 Å². The lowest BCUT2D eigenvalue weighted by molar-refractivity contribution is -0.135. The topological polar surface area (TPSA) is 68.3 Å². The van der Waals surface area contributed by atoms with Gasteiger partial charge in [-0.05, 0) is 25.3 Å². The van der Waals surface area contributed by atoms with Crippen molar-refractivity contribution in [3.8, 4) is 0 Å². The molecule has 0 spiro atoms. The number of aryl methyl sites for hydroxylation is 1. The number of carbonyl (C=O) groups is 1. The van der Waals surface area contributed by atoms with Gasteiger partial charge in [0.05, 0.1) is 11.7 Å². The Balaban J connectivity index is 1.58. The molecule has 7 nitrogen and oxygen atoms in total. The van der Waals surface area contributed by atoms with Crippen LogP contribution in [0.5, 0.6) is 0 Å². The van der Waals surface area contributed by atoms with Crippen molar-refractivity contribution in [3.63, 3.8) is 0 Å². The largest absolute Gasteiger partial charge is 0.333 e. The molecule has 1 saturated heterocycles. The maximum Gasteiger partial charge on any atom is 0.243 e. The van der Waals surface area contributed by atoms with Gasteiger partial charge in [-0.25, -0.2) is 15.0 Å². The Hall–Kier alpha value is -2.70. The maximum atomic E-state index is 13.0. The molecule has 1 aliphatic heterocycles. The zero-order valence-corrected chi connectivity index (χ0v) is 14.4. The summed E-state index contributed by atoms with van der Waals surface area (Å²) in [6, 6.07) is 2.02. The summed E-state index contributed by atoms with van der Waals surface area (Å²) in [6.45, 7) is 3.17. The molecule has 25 heavy (non-hydrogen) atoms. The second kappa shape index (κ2) is 6.66. The van der Waals surface area contributed by atoms with Gasteiger partial charge in [0.15, 0.2) is 0 Å². The van der Waals surface area contributed by atoms with E-state index in [1.54, 1.807) is 12.4 Å². The molecule has 130 valence electrons. The zero-order valence-electron chi connectivity index (χ0n) is 14.4. The molecule has 0 N–H and O–H groups in total.